The lowest BCUT2D eigenvalue weighted by molar-refractivity contribution is 0.215. The highest BCUT2D eigenvalue weighted by atomic mass is 32.1. The average molecular weight is 307 g/mol. The first-order chi connectivity index (χ1) is 10.0. The number of hydrogen-bond donors (Lipinski definition) is 1. The van der Waals surface area contributed by atoms with Gasteiger partial charge < -0.3 is 14.8 Å². The van der Waals surface area contributed by atoms with Gasteiger partial charge in [-0.1, -0.05) is 29.5 Å². The minimum absolute atomic E-state index is 0.0657. The third-order valence-electron chi connectivity index (χ3n) is 2.54. The molecule has 0 aliphatic rings. The quantitative estimate of drug-likeness (QED) is 0.797. The summed E-state index contributed by atoms with van der Waals surface area (Å²) in [6.45, 7) is 7.99. The van der Waals surface area contributed by atoms with E-state index < -0.39 is 0 Å². The van der Waals surface area contributed by atoms with E-state index in [9.17, 15) is 0 Å². The highest BCUT2D eigenvalue weighted by Gasteiger charge is 2.11. The van der Waals surface area contributed by atoms with Crippen molar-refractivity contribution in [1.82, 2.24) is 15.5 Å². The number of aromatic nitrogens is 2. The molecule has 6 heteroatoms. The lowest BCUT2D eigenvalue weighted by Crippen LogP contribution is -2.35. The molecule has 0 atom stereocenters. The predicted octanol–water partition coefficient (Wildman–Crippen LogP) is 2.88. The van der Waals surface area contributed by atoms with Gasteiger partial charge in [-0.15, -0.1) is 10.2 Å². The zero-order chi connectivity index (χ0) is 15.1. The Hall–Kier alpha value is -1.66. The van der Waals surface area contributed by atoms with Crippen LogP contribution in [0.2, 0.25) is 0 Å². The predicted molar refractivity (Wildman–Crippen MR) is 83.9 cm³/mol. The van der Waals surface area contributed by atoms with Crippen molar-refractivity contribution in [2.75, 3.05) is 13.2 Å². The normalized spacial score (nSPS) is 11.4. The average Bonchev–Trinajstić information content (AvgIpc) is 2.90. The monoisotopic (exact) mass is 307 g/mol. The smallest absolute Gasteiger partial charge is 0.294 e. The number of para-hydroxylation sites is 1. The molecule has 0 aliphatic heterocycles. The molecule has 0 radical (unpaired) electrons. The third-order valence-corrected chi connectivity index (χ3v) is 3.37. The fraction of sp³-hybridized carbons (Fsp3) is 0.467. The summed E-state index contributed by atoms with van der Waals surface area (Å²) in [7, 11) is 0. The number of benzene rings is 1. The third kappa shape index (κ3) is 6.10. The molecule has 114 valence electrons. The molecular formula is C15H21N3O2S. The number of rotatable bonds is 7. The Kier molecular flexibility index (Phi) is 5.52. The van der Waals surface area contributed by atoms with Crippen molar-refractivity contribution in [2.24, 2.45) is 0 Å². The Balaban J connectivity index is 1.68. The van der Waals surface area contributed by atoms with Gasteiger partial charge >= 0.3 is 0 Å². The van der Waals surface area contributed by atoms with E-state index in [0.717, 1.165) is 10.8 Å². The number of nitrogens with one attached hydrogen (secondary N) is 1. The van der Waals surface area contributed by atoms with Gasteiger partial charge in [0.25, 0.3) is 5.19 Å². The lowest BCUT2D eigenvalue weighted by atomic mass is 10.1. The van der Waals surface area contributed by atoms with Gasteiger partial charge in [0.05, 0.1) is 6.54 Å². The summed E-state index contributed by atoms with van der Waals surface area (Å²) in [5, 5.41) is 13.0. The van der Waals surface area contributed by atoms with Gasteiger partial charge in [0.1, 0.15) is 24.0 Å². The first-order valence-corrected chi connectivity index (χ1v) is 7.73. The molecule has 1 N–H and O–H groups in total. The van der Waals surface area contributed by atoms with Gasteiger partial charge in [0, 0.05) is 5.54 Å². The first kappa shape index (κ1) is 15.7. The Morgan fingerprint density at radius 1 is 1.05 bits per heavy atom. The lowest BCUT2D eigenvalue weighted by Gasteiger charge is -2.19. The highest BCUT2D eigenvalue weighted by molar-refractivity contribution is 7.13. The summed E-state index contributed by atoms with van der Waals surface area (Å²) in [6, 6.07) is 9.67. The molecule has 0 fully saturated rings. The summed E-state index contributed by atoms with van der Waals surface area (Å²) < 4.78 is 11.1. The topological polar surface area (TPSA) is 56.3 Å². The van der Waals surface area contributed by atoms with Gasteiger partial charge in [0.2, 0.25) is 0 Å². The highest BCUT2D eigenvalue weighted by Crippen LogP contribution is 2.18. The Bertz CT molecular complexity index is 537. The van der Waals surface area contributed by atoms with E-state index in [2.05, 4.69) is 36.3 Å². The van der Waals surface area contributed by atoms with Crippen LogP contribution < -0.4 is 14.8 Å². The van der Waals surface area contributed by atoms with Crippen molar-refractivity contribution < 1.29 is 9.47 Å². The van der Waals surface area contributed by atoms with Crippen molar-refractivity contribution in [2.45, 2.75) is 32.9 Å². The largest absolute Gasteiger partial charge is 0.490 e. The maximum atomic E-state index is 5.55. The van der Waals surface area contributed by atoms with Crippen LogP contribution in [-0.2, 0) is 6.54 Å². The fourth-order valence-corrected chi connectivity index (χ4v) is 2.17. The molecule has 5 nitrogen and oxygen atoms in total. The summed E-state index contributed by atoms with van der Waals surface area (Å²) in [6.07, 6.45) is 0. The second-order valence-corrected chi connectivity index (χ2v) is 6.60. The molecule has 0 unspecified atom stereocenters. The van der Waals surface area contributed by atoms with E-state index in [1.807, 2.05) is 30.3 Å². The van der Waals surface area contributed by atoms with Crippen LogP contribution in [0.15, 0.2) is 30.3 Å². The molecule has 0 bridgehead atoms. The van der Waals surface area contributed by atoms with Crippen LogP contribution in [0.5, 0.6) is 10.9 Å². The van der Waals surface area contributed by atoms with Crippen LogP contribution in [0.4, 0.5) is 0 Å². The molecule has 1 heterocycles. The van der Waals surface area contributed by atoms with Gasteiger partial charge in [-0.25, -0.2) is 0 Å². The minimum atomic E-state index is 0.0657. The summed E-state index contributed by atoms with van der Waals surface area (Å²) in [5.74, 6) is 0.841. The maximum Gasteiger partial charge on any atom is 0.294 e. The number of hydrogen-bond acceptors (Lipinski definition) is 6. The number of ether oxygens (including phenoxy) is 2. The van der Waals surface area contributed by atoms with Crippen molar-refractivity contribution in [1.29, 1.82) is 0 Å². The van der Waals surface area contributed by atoms with Crippen molar-refractivity contribution in [3.63, 3.8) is 0 Å². The van der Waals surface area contributed by atoms with E-state index in [1.165, 1.54) is 11.3 Å². The fourth-order valence-electron chi connectivity index (χ4n) is 1.51. The molecule has 2 rings (SSSR count). The van der Waals surface area contributed by atoms with Crippen molar-refractivity contribution in [3.8, 4) is 10.9 Å². The summed E-state index contributed by atoms with van der Waals surface area (Å²) >= 11 is 1.46. The maximum absolute atomic E-state index is 5.55. The molecule has 0 aliphatic carbocycles. The Morgan fingerprint density at radius 3 is 2.48 bits per heavy atom. The van der Waals surface area contributed by atoms with Crippen molar-refractivity contribution in [3.05, 3.63) is 35.3 Å². The van der Waals surface area contributed by atoms with E-state index in [1.54, 1.807) is 0 Å². The van der Waals surface area contributed by atoms with E-state index >= 15 is 0 Å². The zero-order valence-electron chi connectivity index (χ0n) is 12.6. The molecule has 1 aromatic heterocycles. The molecule has 21 heavy (non-hydrogen) atoms. The molecule has 0 amide bonds. The van der Waals surface area contributed by atoms with Crippen LogP contribution in [-0.4, -0.2) is 29.0 Å². The SMILES string of the molecule is CC(C)(C)NCc1nnc(OCCOc2ccccc2)s1. The van der Waals surface area contributed by atoms with Crippen LogP contribution in [0, 0.1) is 0 Å². The molecule has 2 aromatic rings. The molecule has 0 saturated carbocycles. The molecule has 1 aromatic carbocycles. The minimum Gasteiger partial charge on any atom is -0.490 e. The molecule has 0 saturated heterocycles. The summed E-state index contributed by atoms with van der Waals surface area (Å²) in [4.78, 5) is 0. The van der Waals surface area contributed by atoms with E-state index in [-0.39, 0.29) is 5.54 Å². The standard InChI is InChI=1S/C15H21N3O2S/c1-15(2,3)16-11-13-17-18-14(21-13)20-10-9-19-12-7-5-4-6-8-12/h4-8,16H,9-11H2,1-3H3. The van der Waals surface area contributed by atoms with Crippen LogP contribution in [0.1, 0.15) is 25.8 Å². The van der Waals surface area contributed by atoms with Gasteiger partial charge in [0.15, 0.2) is 0 Å². The first-order valence-electron chi connectivity index (χ1n) is 6.91. The van der Waals surface area contributed by atoms with Gasteiger partial charge in [-0.3, -0.25) is 0 Å². The van der Waals surface area contributed by atoms with Crippen LogP contribution >= 0.6 is 11.3 Å². The van der Waals surface area contributed by atoms with Gasteiger partial charge in [-0.05, 0) is 32.9 Å². The van der Waals surface area contributed by atoms with Crippen LogP contribution in [0.3, 0.4) is 0 Å². The zero-order valence-corrected chi connectivity index (χ0v) is 13.4. The van der Waals surface area contributed by atoms with E-state index in [0.29, 0.717) is 25.0 Å². The Morgan fingerprint density at radius 2 is 1.76 bits per heavy atom. The van der Waals surface area contributed by atoms with E-state index in [4.69, 9.17) is 9.47 Å². The Labute approximate surface area is 129 Å². The van der Waals surface area contributed by atoms with Crippen LogP contribution in [0.25, 0.3) is 0 Å². The summed E-state index contributed by atoms with van der Waals surface area (Å²) in [5.41, 5.74) is 0.0657. The van der Waals surface area contributed by atoms with Crippen molar-refractivity contribution >= 4 is 11.3 Å². The molecule has 0 spiro atoms. The second-order valence-electron chi connectivity index (χ2n) is 5.58. The second kappa shape index (κ2) is 7.38. The van der Waals surface area contributed by atoms with Gasteiger partial charge in [-0.2, -0.15) is 0 Å². The number of nitrogens with zero attached hydrogens (tertiary/aromatic N) is 2. The molecular weight excluding hydrogens is 286 g/mol.